The highest BCUT2D eigenvalue weighted by Gasteiger charge is 2.42. The van der Waals surface area contributed by atoms with Crippen LogP contribution in [-0.2, 0) is 15.6 Å². The molecule has 1 atom stereocenters. The molecule has 0 spiro atoms. The van der Waals surface area contributed by atoms with E-state index in [-0.39, 0.29) is 60.8 Å². The summed E-state index contributed by atoms with van der Waals surface area (Å²) >= 11 is 13.5. The minimum absolute atomic E-state index is 0.0506. The lowest BCUT2D eigenvalue weighted by molar-refractivity contribution is -0.133. The van der Waals surface area contributed by atoms with Crippen molar-refractivity contribution >= 4 is 43.3 Å². The Labute approximate surface area is 277 Å². The van der Waals surface area contributed by atoms with Gasteiger partial charge in [-0.2, -0.15) is 0 Å². The largest absolute Gasteiger partial charge is 0.414 e. The third-order valence-corrected chi connectivity index (χ3v) is 15.8. The average Bonchev–Trinajstić information content (AvgIpc) is 3.33. The molecule has 45 heavy (non-hydrogen) atoms. The van der Waals surface area contributed by atoms with Gasteiger partial charge in [0.25, 0.3) is 11.8 Å². The SMILES string of the molecule is CC(C)(C)[Si](C)(C)O[C@H]1CC[C@@H](N2CC[C@@H](Cc3c(Cl)cc(-c4ccc(C(=O)N5CCC(F)(F)CC5)cc4)cc3Cl)C2=O)CC1. The third kappa shape index (κ3) is 7.77. The summed E-state index contributed by atoms with van der Waals surface area (Å²) in [6, 6.07) is 11.0. The smallest absolute Gasteiger partial charge is 0.253 e. The molecule has 2 saturated heterocycles. The molecular weight excluding hydrogens is 633 g/mol. The molecule has 0 N–H and O–H groups in total. The van der Waals surface area contributed by atoms with Crippen LogP contribution >= 0.6 is 23.2 Å². The minimum atomic E-state index is -2.70. The quantitative estimate of drug-likeness (QED) is 0.274. The normalized spacial score (nSPS) is 24.3. The van der Waals surface area contributed by atoms with E-state index in [4.69, 9.17) is 27.6 Å². The van der Waals surface area contributed by atoms with Gasteiger partial charge in [0.1, 0.15) is 0 Å². The van der Waals surface area contributed by atoms with Crippen LogP contribution in [0.25, 0.3) is 11.1 Å². The summed E-state index contributed by atoms with van der Waals surface area (Å²) in [5, 5.41) is 1.22. The predicted molar refractivity (Wildman–Crippen MR) is 180 cm³/mol. The maximum atomic E-state index is 13.5. The Kier molecular flexibility index (Phi) is 10.1. The zero-order valence-electron chi connectivity index (χ0n) is 27.1. The van der Waals surface area contributed by atoms with Gasteiger partial charge < -0.3 is 14.2 Å². The molecule has 2 heterocycles. The van der Waals surface area contributed by atoms with Gasteiger partial charge in [-0.05, 0) is 97.6 Å². The fourth-order valence-corrected chi connectivity index (χ4v) is 8.68. The summed E-state index contributed by atoms with van der Waals surface area (Å²) in [5.41, 5.74) is 2.88. The highest BCUT2D eigenvalue weighted by Crippen LogP contribution is 2.41. The number of likely N-dealkylation sites (tertiary alicyclic amines) is 2. The maximum absolute atomic E-state index is 13.5. The number of hydrogen-bond donors (Lipinski definition) is 0. The molecule has 1 saturated carbocycles. The molecule has 0 bridgehead atoms. The fourth-order valence-electron chi connectivity index (χ4n) is 6.62. The van der Waals surface area contributed by atoms with Gasteiger partial charge in [-0.3, -0.25) is 9.59 Å². The number of piperidine rings is 1. The van der Waals surface area contributed by atoms with E-state index in [1.165, 1.54) is 4.90 Å². The number of rotatable bonds is 7. The van der Waals surface area contributed by atoms with Gasteiger partial charge in [0.15, 0.2) is 8.32 Å². The van der Waals surface area contributed by atoms with Gasteiger partial charge in [-0.15, -0.1) is 0 Å². The molecule has 3 fully saturated rings. The van der Waals surface area contributed by atoms with Crippen molar-refractivity contribution in [2.75, 3.05) is 19.6 Å². The first-order valence-electron chi connectivity index (χ1n) is 16.3. The Morgan fingerprint density at radius 2 is 1.51 bits per heavy atom. The zero-order valence-corrected chi connectivity index (χ0v) is 29.6. The minimum Gasteiger partial charge on any atom is -0.414 e. The Hall–Kier alpha value is -2.00. The van der Waals surface area contributed by atoms with Crippen LogP contribution in [0.5, 0.6) is 0 Å². The third-order valence-electron chi connectivity index (χ3n) is 10.5. The van der Waals surface area contributed by atoms with E-state index < -0.39 is 14.2 Å². The standard InChI is InChI=1S/C35H46Cl2F2N2O3Si/c1-34(2,3)45(4,5)44-28-12-10-27(11-13-28)41-17-14-25(33(41)43)20-29-30(36)21-26(22-31(29)37)23-6-8-24(9-7-23)32(42)40-18-15-35(38,39)16-19-40/h6-9,21-22,25,27-28H,10-20H2,1-5H3/t25-,27-,28+/m0/s1. The number of nitrogens with zero attached hydrogens (tertiary/aromatic N) is 2. The van der Waals surface area contributed by atoms with E-state index in [1.54, 1.807) is 12.1 Å². The van der Waals surface area contributed by atoms with Crippen LogP contribution in [0.4, 0.5) is 8.78 Å². The van der Waals surface area contributed by atoms with Gasteiger partial charge in [-0.1, -0.05) is 56.1 Å². The van der Waals surface area contributed by atoms with Crippen molar-refractivity contribution in [3.8, 4) is 11.1 Å². The first-order valence-corrected chi connectivity index (χ1v) is 19.9. The summed E-state index contributed by atoms with van der Waals surface area (Å²) < 4.78 is 33.7. The van der Waals surface area contributed by atoms with Crippen LogP contribution in [0, 0.1) is 5.92 Å². The summed E-state index contributed by atoms with van der Waals surface area (Å²) in [4.78, 5) is 29.9. The van der Waals surface area contributed by atoms with Gasteiger partial charge >= 0.3 is 0 Å². The molecule has 2 aromatic rings. The Morgan fingerprint density at radius 1 is 0.933 bits per heavy atom. The molecule has 2 amide bonds. The molecule has 0 radical (unpaired) electrons. The first-order chi connectivity index (χ1) is 21.0. The van der Waals surface area contributed by atoms with Crippen molar-refractivity contribution in [3.05, 3.63) is 57.6 Å². The van der Waals surface area contributed by atoms with Gasteiger partial charge in [0.05, 0.1) is 0 Å². The zero-order chi connectivity index (χ0) is 32.7. The molecule has 2 aliphatic heterocycles. The van der Waals surface area contributed by atoms with E-state index in [9.17, 15) is 18.4 Å². The molecule has 2 aromatic carbocycles. The summed E-state index contributed by atoms with van der Waals surface area (Å²) in [5.74, 6) is -2.90. The number of carbonyl (C=O) groups is 2. The van der Waals surface area contributed by atoms with Crippen LogP contribution in [0.3, 0.4) is 0 Å². The molecule has 5 nitrogen and oxygen atoms in total. The highest BCUT2D eigenvalue weighted by atomic mass is 35.5. The van der Waals surface area contributed by atoms with E-state index in [2.05, 4.69) is 38.8 Å². The second kappa shape index (κ2) is 13.2. The second-order valence-corrected chi connectivity index (χ2v) is 20.2. The van der Waals surface area contributed by atoms with E-state index in [1.807, 2.05) is 24.3 Å². The van der Waals surface area contributed by atoms with Crippen molar-refractivity contribution in [1.29, 1.82) is 0 Å². The van der Waals surface area contributed by atoms with E-state index in [0.717, 1.165) is 55.3 Å². The van der Waals surface area contributed by atoms with Gasteiger partial charge in [-0.25, -0.2) is 8.78 Å². The van der Waals surface area contributed by atoms with Crippen LogP contribution < -0.4 is 0 Å². The van der Waals surface area contributed by atoms with Gasteiger partial charge in [0.2, 0.25) is 5.91 Å². The summed E-state index contributed by atoms with van der Waals surface area (Å²) in [6.07, 6.45) is 4.91. The molecule has 3 aliphatic rings. The van der Waals surface area contributed by atoms with E-state index >= 15 is 0 Å². The number of hydrogen-bond acceptors (Lipinski definition) is 3. The Balaban J connectivity index is 1.17. The van der Waals surface area contributed by atoms with Crippen molar-refractivity contribution in [2.45, 2.75) is 108 Å². The lowest BCUT2D eigenvalue weighted by Gasteiger charge is -2.42. The lowest BCUT2D eigenvalue weighted by Crippen LogP contribution is -2.47. The summed E-state index contributed by atoms with van der Waals surface area (Å²) in [6.45, 7) is 12.3. The second-order valence-electron chi connectivity index (χ2n) is 14.7. The number of alkyl halides is 2. The molecule has 5 rings (SSSR count). The van der Waals surface area contributed by atoms with Crippen molar-refractivity contribution in [2.24, 2.45) is 5.92 Å². The van der Waals surface area contributed by atoms with Crippen LogP contribution in [0.1, 0.15) is 81.6 Å². The fraction of sp³-hybridized carbons (Fsp3) is 0.600. The molecule has 0 aromatic heterocycles. The maximum Gasteiger partial charge on any atom is 0.253 e. The van der Waals surface area contributed by atoms with Crippen LogP contribution in [0.15, 0.2) is 36.4 Å². The number of benzene rings is 2. The number of amides is 2. The average molecular weight is 680 g/mol. The lowest BCUT2D eigenvalue weighted by atomic mass is 9.92. The molecule has 246 valence electrons. The van der Waals surface area contributed by atoms with Crippen molar-refractivity contribution < 1.29 is 22.8 Å². The topological polar surface area (TPSA) is 49.9 Å². The molecule has 0 unspecified atom stereocenters. The Bertz CT molecular complexity index is 1370. The predicted octanol–water partition coefficient (Wildman–Crippen LogP) is 9.26. The molecular formula is C35H46Cl2F2N2O3Si. The van der Waals surface area contributed by atoms with Crippen molar-refractivity contribution in [3.63, 3.8) is 0 Å². The van der Waals surface area contributed by atoms with E-state index in [0.29, 0.717) is 22.0 Å². The molecule has 1 aliphatic carbocycles. The highest BCUT2D eigenvalue weighted by molar-refractivity contribution is 6.74. The van der Waals surface area contributed by atoms with Crippen LogP contribution in [-0.4, -0.2) is 67.6 Å². The summed E-state index contributed by atoms with van der Waals surface area (Å²) in [7, 11) is -1.81. The Morgan fingerprint density at radius 3 is 2.07 bits per heavy atom. The monoisotopic (exact) mass is 678 g/mol. The van der Waals surface area contributed by atoms with Crippen molar-refractivity contribution in [1.82, 2.24) is 9.80 Å². The van der Waals surface area contributed by atoms with Crippen LogP contribution in [0.2, 0.25) is 28.2 Å². The van der Waals surface area contributed by atoms with Gasteiger partial charge in [0, 0.05) is 66.1 Å². The number of carbonyl (C=O) groups excluding carboxylic acids is 2. The molecule has 10 heteroatoms. The first kappa shape index (κ1) is 34.3. The number of halogens is 4.